The minimum Gasteiger partial charge on any atom is -0.0616 e. The van der Waals surface area contributed by atoms with Crippen molar-refractivity contribution in [1.82, 2.24) is 0 Å². The van der Waals surface area contributed by atoms with Crippen molar-refractivity contribution in [3.8, 4) is 34.1 Å². The first kappa shape index (κ1) is 18.7. The second-order valence-electron chi connectivity index (χ2n) is 6.36. The largest absolute Gasteiger partial charge is 0.0616 e. The Hall–Kier alpha value is -2.60. The maximum absolute atomic E-state index is 3.56. The van der Waals surface area contributed by atoms with Gasteiger partial charge in [0.1, 0.15) is 0 Å². The Morgan fingerprint density at radius 3 is 1.32 bits per heavy atom. The molecule has 28 heavy (non-hydrogen) atoms. The summed E-state index contributed by atoms with van der Waals surface area (Å²) in [6.07, 6.45) is 0. The Labute approximate surface area is 182 Å². The molecule has 134 valence electrons. The quantitative estimate of drug-likeness (QED) is 0.251. The highest BCUT2D eigenvalue weighted by Crippen LogP contribution is 2.28. The molecule has 0 fully saturated rings. The summed E-state index contributed by atoms with van der Waals surface area (Å²) in [5.74, 6) is 6.79. The summed E-state index contributed by atoms with van der Waals surface area (Å²) in [6, 6.07) is 33.2. The SMILES string of the molecule is Brc1cccc(-c2ccccc2C#Cc2ccccc2-c2cccc(Br)c2)c1. The lowest BCUT2D eigenvalue weighted by Gasteiger charge is -2.07. The third kappa shape index (κ3) is 4.28. The Morgan fingerprint density at radius 1 is 0.464 bits per heavy atom. The first-order valence-corrected chi connectivity index (χ1v) is 10.5. The first-order chi connectivity index (χ1) is 13.7. The van der Waals surface area contributed by atoms with Gasteiger partial charge in [-0.25, -0.2) is 0 Å². The van der Waals surface area contributed by atoms with Crippen LogP contribution in [0.4, 0.5) is 0 Å². The van der Waals surface area contributed by atoms with Gasteiger partial charge in [0.15, 0.2) is 0 Å². The fourth-order valence-corrected chi connectivity index (χ4v) is 3.93. The third-order valence-electron chi connectivity index (χ3n) is 4.46. The molecule has 4 aromatic carbocycles. The summed E-state index contributed by atoms with van der Waals surface area (Å²) in [5.41, 5.74) is 6.61. The molecule has 0 saturated carbocycles. The van der Waals surface area contributed by atoms with Gasteiger partial charge in [0.05, 0.1) is 0 Å². The lowest BCUT2D eigenvalue weighted by molar-refractivity contribution is 1.55. The van der Waals surface area contributed by atoms with E-state index in [0.29, 0.717) is 0 Å². The molecule has 0 aliphatic heterocycles. The van der Waals surface area contributed by atoms with E-state index in [2.05, 4.69) is 104 Å². The van der Waals surface area contributed by atoms with Crippen LogP contribution in [0.2, 0.25) is 0 Å². The fraction of sp³-hybridized carbons (Fsp3) is 0. The summed E-state index contributed by atoms with van der Waals surface area (Å²) in [7, 11) is 0. The van der Waals surface area contributed by atoms with E-state index in [1.807, 2.05) is 36.4 Å². The predicted molar refractivity (Wildman–Crippen MR) is 125 cm³/mol. The number of halogens is 2. The smallest absolute Gasteiger partial charge is 0.0327 e. The van der Waals surface area contributed by atoms with Gasteiger partial charge >= 0.3 is 0 Å². The monoisotopic (exact) mass is 486 g/mol. The van der Waals surface area contributed by atoms with Crippen LogP contribution < -0.4 is 0 Å². The highest BCUT2D eigenvalue weighted by atomic mass is 79.9. The fourth-order valence-electron chi connectivity index (χ4n) is 3.13. The summed E-state index contributed by atoms with van der Waals surface area (Å²) < 4.78 is 2.13. The predicted octanol–water partition coefficient (Wildman–Crippen LogP) is 7.95. The highest BCUT2D eigenvalue weighted by molar-refractivity contribution is 9.10. The van der Waals surface area contributed by atoms with E-state index in [4.69, 9.17) is 0 Å². The third-order valence-corrected chi connectivity index (χ3v) is 5.44. The van der Waals surface area contributed by atoms with Crippen molar-refractivity contribution < 1.29 is 0 Å². The second-order valence-corrected chi connectivity index (χ2v) is 8.19. The van der Waals surface area contributed by atoms with Crippen LogP contribution in [0.15, 0.2) is 106 Å². The van der Waals surface area contributed by atoms with Crippen molar-refractivity contribution >= 4 is 31.9 Å². The van der Waals surface area contributed by atoms with Crippen LogP contribution in [0.3, 0.4) is 0 Å². The average molecular weight is 488 g/mol. The van der Waals surface area contributed by atoms with Gasteiger partial charge in [0, 0.05) is 20.1 Å². The molecule has 0 radical (unpaired) electrons. The Morgan fingerprint density at radius 2 is 0.893 bits per heavy atom. The van der Waals surface area contributed by atoms with Gasteiger partial charge in [-0.05, 0) is 58.7 Å². The van der Waals surface area contributed by atoms with Crippen molar-refractivity contribution in [2.75, 3.05) is 0 Å². The zero-order valence-electron chi connectivity index (χ0n) is 15.0. The van der Waals surface area contributed by atoms with E-state index in [1.54, 1.807) is 0 Å². The first-order valence-electron chi connectivity index (χ1n) is 8.93. The van der Waals surface area contributed by atoms with E-state index in [-0.39, 0.29) is 0 Å². The number of hydrogen-bond donors (Lipinski definition) is 0. The normalized spacial score (nSPS) is 10.2. The zero-order chi connectivity index (χ0) is 19.3. The van der Waals surface area contributed by atoms with Gasteiger partial charge < -0.3 is 0 Å². The molecule has 0 nitrogen and oxygen atoms in total. The summed E-state index contributed by atoms with van der Waals surface area (Å²) in [4.78, 5) is 0. The lowest BCUT2D eigenvalue weighted by Crippen LogP contribution is -1.86. The number of benzene rings is 4. The molecule has 0 aromatic heterocycles. The van der Waals surface area contributed by atoms with E-state index in [1.165, 1.54) is 0 Å². The molecular formula is C26H16Br2. The van der Waals surface area contributed by atoms with Gasteiger partial charge in [-0.3, -0.25) is 0 Å². The Balaban J connectivity index is 1.78. The van der Waals surface area contributed by atoms with E-state index in [9.17, 15) is 0 Å². The number of rotatable bonds is 2. The molecular weight excluding hydrogens is 472 g/mol. The molecule has 2 heteroatoms. The summed E-state index contributed by atoms with van der Waals surface area (Å²) in [5, 5.41) is 0. The van der Waals surface area contributed by atoms with Crippen molar-refractivity contribution in [3.63, 3.8) is 0 Å². The van der Waals surface area contributed by atoms with Gasteiger partial charge in [0.25, 0.3) is 0 Å². The van der Waals surface area contributed by atoms with Crippen LogP contribution in [-0.2, 0) is 0 Å². The van der Waals surface area contributed by atoms with Gasteiger partial charge in [-0.2, -0.15) is 0 Å². The summed E-state index contributed by atoms with van der Waals surface area (Å²) >= 11 is 7.12. The van der Waals surface area contributed by atoms with Crippen LogP contribution in [0.5, 0.6) is 0 Å². The van der Waals surface area contributed by atoms with Crippen molar-refractivity contribution in [2.24, 2.45) is 0 Å². The molecule has 0 bridgehead atoms. The molecule has 0 atom stereocenters. The molecule has 4 rings (SSSR count). The van der Waals surface area contributed by atoms with Crippen molar-refractivity contribution in [3.05, 3.63) is 117 Å². The molecule has 0 aliphatic carbocycles. The van der Waals surface area contributed by atoms with Crippen molar-refractivity contribution in [1.29, 1.82) is 0 Å². The minimum atomic E-state index is 1.02. The molecule has 0 saturated heterocycles. The Bertz CT molecular complexity index is 1100. The van der Waals surface area contributed by atoms with Crippen molar-refractivity contribution in [2.45, 2.75) is 0 Å². The summed E-state index contributed by atoms with van der Waals surface area (Å²) in [6.45, 7) is 0. The van der Waals surface area contributed by atoms with Crippen LogP contribution in [0, 0.1) is 11.8 Å². The van der Waals surface area contributed by atoms with E-state index in [0.717, 1.165) is 42.3 Å². The second kappa shape index (κ2) is 8.61. The average Bonchev–Trinajstić information content (AvgIpc) is 2.73. The van der Waals surface area contributed by atoms with Crippen LogP contribution in [-0.4, -0.2) is 0 Å². The van der Waals surface area contributed by atoms with Gasteiger partial charge in [0.2, 0.25) is 0 Å². The topological polar surface area (TPSA) is 0 Å². The Kier molecular flexibility index (Phi) is 5.76. The molecule has 0 N–H and O–H groups in total. The van der Waals surface area contributed by atoms with Crippen LogP contribution >= 0.6 is 31.9 Å². The lowest BCUT2D eigenvalue weighted by atomic mass is 9.98. The van der Waals surface area contributed by atoms with Crippen LogP contribution in [0.25, 0.3) is 22.3 Å². The minimum absolute atomic E-state index is 1.02. The van der Waals surface area contributed by atoms with Crippen LogP contribution in [0.1, 0.15) is 11.1 Å². The molecule has 0 aliphatic rings. The molecule has 0 spiro atoms. The van der Waals surface area contributed by atoms with E-state index >= 15 is 0 Å². The van der Waals surface area contributed by atoms with Gasteiger partial charge in [-0.15, -0.1) is 0 Å². The van der Waals surface area contributed by atoms with E-state index < -0.39 is 0 Å². The molecule has 0 amide bonds. The maximum atomic E-state index is 3.56. The molecule has 0 unspecified atom stereocenters. The zero-order valence-corrected chi connectivity index (χ0v) is 18.2. The van der Waals surface area contributed by atoms with Gasteiger partial charge in [-0.1, -0.05) is 104 Å². The highest BCUT2D eigenvalue weighted by Gasteiger charge is 2.05. The molecule has 0 heterocycles. The number of hydrogen-bond acceptors (Lipinski definition) is 0. The molecule has 4 aromatic rings. The maximum Gasteiger partial charge on any atom is 0.0327 e. The standard InChI is InChI=1S/C26H16Br2/c27-23-11-5-9-21(17-23)25-13-3-1-7-19(25)15-16-20-8-2-4-14-26(20)22-10-6-12-24(28)18-22/h1-14,17-18H.